The Hall–Kier alpha value is -1.23. The Balaban J connectivity index is 2.20. The third-order valence-corrected chi connectivity index (χ3v) is 3.62. The van der Waals surface area contributed by atoms with E-state index in [1.54, 1.807) is 6.92 Å². The van der Waals surface area contributed by atoms with Gasteiger partial charge in [-0.1, -0.05) is 6.92 Å². The number of aliphatic hydroxyl groups excluding tert-OH is 1. The van der Waals surface area contributed by atoms with Crippen molar-refractivity contribution in [3.8, 4) is 0 Å². The minimum absolute atomic E-state index is 0.193. The predicted molar refractivity (Wildman–Crippen MR) is 68.0 cm³/mol. The normalized spacial score (nSPS) is 22.0. The van der Waals surface area contributed by atoms with E-state index >= 15 is 0 Å². The lowest BCUT2D eigenvalue weighted by Gasteiger charge is -2.35. The van der Waals surface area contributed by atoms with Crippen LogP contribution in [-0.2, 0) is 6.42 Å². The third kappa shape index (κ3) is 2.61. The fraction of sp³-hybridized carbons (Fsp3) is 0.692. The van der Waals surface area contributed by atoms with E-state index in [0.717, 1.165) is 19.4 Å². The number of nitrogens with zero attached hydrogens (tertiary/aromatic N) is 3. The lowest BCUT2D eigenvalue weighted by molar-refractivity contribution is 0.114. The van der Waals surface area contributed by atoms with Crippen LogP contribution in [0.2, 0.25) is 0 Å². The van der Waals surface area contributed by atoms with Crippen molar-refractivity contribution in [1.82, 2.24) is 9.97 Å². The Morgan fingerprint density at radius 1 is 1.56 bits per heavy atom. The quantitative estimate of drug-likeness (QED) is 0.892. The van der Waals surface area contributed by atoms with E-state index in [0.29, 0.717) is 24.5 Å². The highest BCUT2D eigenvalue weighted by Crippen LogP contribution is 2.26. The molecule has 2 unspecified atom stereocenters. The monoisotopic (exact) mass is 253 g/mol. The first-order valence-corrected chi connectivity index (χ1v) is 6.55. The van der Waals surface area contributed by atoms with Gasteiger partial charge in [-0.2, -0.15) is 0 Å². The van der Waals surface area contributed by atoms with Gasteiger partial charge in [-0.05, 0) is 26.2 Å². The number of anilines is 1. The number of rotatable bonds is 3. The van der Waals surface area contributed by atoms with Crippen molar-refractivity contribution in [1.29, 1.82) is 0 Å². The van der Waals surface area contributed by atoms with Gasteiger partial charge in [0.2, 0.25) is 0 Å². The maximum atomic E-state index is 14.2. The summed E-state index contributed by atoms with van der Waals surface area (Å²) in [6.07, 6.45) is 3.57. The predicted octanol–water partition coefficient (Wildman–Crippen LogP) is 1.78. The van der Waals surface area contributed by atoms with E-state index in [1.807, 2.05) is 11.8 Å². The van der Waals surface area contributed by atoms with Crippen LogP contribution in [0, 0.1) is 11.7 Å². The van der Waals surface area contributed by atoms with Gasteiger partial charge in [0.1, 0.15) is 6.33 Å². The van der Waals surface area contributed by atoms with Crippen molar-refractivity contribution >= 4 is 5.82 Å². The second kappa shape index (κ2) is 5.61. The Labute approximate surface area is 107 Å². The number of piperidine rings is 1. The highest BCUT2D eigenvalue weighted by molar-refractivity contribution is 5.41. The molecule has 0 radical (unpaired) electrons. The zero-order valence-corrected chi connectivity index (χ0v) is 10.9. The molecule has 1 aromatic heterocycles. The maximum Gasteiger partial charge on any atom is 0.187 e. The van der Waals surface area contributed by atoms with E-state index in [-0.39, 0.29) is 17.8 Å². The molecule has 100 valence electrons. The molecule has 2 heterocycles. The van der Waals surface area contributed by atoms with Gasteiger partial charge in [-0.25, -0.2) is 14.4 Å². The lowest BCUT2D eigenvalue weighted by atomic mass is 9.93. The van der Waals surface area contributed by atoms with Crippen LogP contribution in [0.3, 0.4) is 0 Å². The summed E-state index contributed by atoms with van der Waals surface area (Å²) in [5, 5.41) is 9.66. The molecule has 5 heteroatoms. The molecule has 0 spiro atoms. The Kier molecular flexibility index (Phi) is 4.11. The summed E-state index contributed by atoms with van der Waals surface area (Å²) in [4.78, 5) is 9.93. The summed E-state index contributed by atoms with van der Waals surface area (Å²) in [7, 11) is 0. The van der Waals surface area contributed by atoms with E-state index in [1.165, 1.54) is 6.33 Å². The summed E-state index contributed by atoms with van der Waals surface area (Å²) in [6.45, 7) is 5.13. The molecule has 0 aliphatic carbocycles. The number of aryl methyl sites for hydroxylation is 1. The molecule has 1 saturated heterocycles. The van der Waals surface area contributed by atoms with Gasteiger partial charge in [0.15, 0.2) is 11.6 Å². The first-order chi connectivity index (χ1) is 8.63. The summed E-state index contributed by atoms with van der Waals surface area (Å²) >= 11 is 0. The van der Waals surface area contributed by atoms with Crippen molar-refractivity contribution in [3.63, 3.8) is 0 Å². The van der Waals surface area contributed by atoms with Gasteiger partial charge >= 0.3 is 0 Å². The molecule has 1 aromatic rings. The average Bonchev–Trinajstić information content (AvgIpc) is 2.39. The third-order valence-electron chi connectivity index (χ3n) is 3.62. The number of halogens is 1. The molecule has 0 aromatic carbocycles. The summed E-state index contributed by atoms with van der Waals surface area (Å²) in [5.41, 5.74) is 0.458. The van der Waals surface area contributed by atoms with E-state index < -0.39 is 0 Å². The molecule has 2 rings (SSSR count). The molecular formula is C13H20FN3O. The van der Waals surface area contributed by atoms with Gasteiger partial charge in [0.05, 0.1) is 11.8 Å². The van der Waals surface area contributed by atoms with Crippen LogP contribution in [0.4, 0.5) is 10.2 Å². The summed E-state index contributed by atoms with van der Waals surface area (Å²) in [5.74, 6) is 0.261. The van der Waals surface area contributed by atoms with Gasteiger partial charge in [0.25, 0.3) is 0 Å². The number of aliphatic hydroxyl groups is 1. The molecule has 1 fully saturated rings. The first-order valence-electron chi connectivity index (χ1n) is 6.55. The first kappa shape index (κ1) is 13.2. The molecule has 4 nitrogen and oxygen atoms in total. The molecule has 1 N–H and O–H groups in total. The SMILES string of the molecule is CCc1ncnc(N2CCCC(C(C)O)C2)c1F. The Morgan fingerprint density at radius 2 is 2.33 bits per heavy atom. The minimum atomic E-state index is -0.358. The highest BCUT2D eigenvalue weighted by atomic mass is 19.1. The Morgan fingerprint density at radius 3 is 3.00 bits per heavy atom. The van der Waals surface area contributed by atoms with E-state index in [2.05, 4.69) is 9.97 Å². The maximum absolute atomic E-state index is 14.2. The standard InChI is InChI=1S/C13H20FN3O/c1-3-11-12(14)13(16-8-15-11)17-6-4-5-10(7-17)9(2)18/h8-10,18H,3-7H2,1-2H3. The Bertz CT molecular complexity index is 411. The lowest BCUT2D eigenvalue weighted by Crippen LogP contribution is -2.40. The van der Waals surface area contributed by atoms with Gasteiger partial charge in [-0.15, -0.1) is 0 Å². The van der Waals surface area contributed by atoms with Crippen molar-refractivity contribution < 1.29 is 9.50 Å². The largest absolute Gasteiger partial charge is 0.393 e. The van der Waals surface area contributed by atoms with Crippen LogP contribution in [0.25, 0.3) is 0 Å². The van der Waals surface area contributed by atoms with Crippen LogP contribution < -0.4 is 4.90 Å². The van der Waals surface area contributed by atoms with Gasteiger partial charge in [0, 0.05) is 19.0 Å². The van der Waals surface area contributed by atoms with Gasteiger partial charge < -0.3 is 10.0 Å². The fourth-order valence-corrected chi connectivity index (χ4v) is 2.46. The van der Waals surface area contributed by atoms with Crippen molar-refractivity contribution in [2.45, 2.75) is 39.2 Å². The number of aromatic nitrogens is 2. The second-order valence-electron chi connectivity index (χ2n) is 4.90. The zero-order valence-electron chi connectivity index (χ0n) is 10.9. The van der Waals surface area contributed by atoms with Crippen LogP contribution in [0.1, 0.15) is 32.4 Å². The molecular weight excluding hydrogens is 233 g/mol. The van der Waals surface area contributed by atoms with Crippen molar-refractivity contribution in [2.75, 3.05) is 18.0 Å². The summed E-state index contributed by atoms with van der Waals surface area (Å²) in [6, 6.07) is 0. The second-order valence-corrected chi connectivity index (χ2v) is 4.90. The van der Waals surface area contributed by atoms with Crippen LogP contribution in [0.15, 0.2) is 6.33 Å². The molecule has 1 aliphatic rings. The zero-order chi connectivity index (χ0) is 13.1. The van der Waals surface area contributed by atoms with Crippen LogP contribution in [0.5, 0.6) is 0 Å². The van der Waals surface area contributed by atoms with E-state index in [4.69, 9.17) is 0 Å². The topological polar surface area (TPSA) is 49.2 Å². The number of hydrogen-bond acceptors (Lipinski definition) is 4. The van der Waals surface area contributed by atoms with Gasteiger partial charge in [-0.3, -0.25) is 0 Å². The summed E-state index contributed by atoms with van der Waals surface area (Å²) < 4.78 is 14.2. The van der Waals surface area contributed by atoms with E-state index in [9.17, 15) is 9.50 Å². The molecule has 0 saturated carbocycles. The van der Waals surface area contributed by atoms with Crippen LogP contribution in [-0.4, -0.2) is 34.3 Å². The number of hydrogen-bond donors (Lipinski definition) is 1. The molecule has 2 atom stereocenters. The highest BCUT2D eigenvalue weighted by Gasteiger charge is 2.26. The minimum Gasteiger partial charge on any atom is -0.393 e. The molecule has 1 aliphatic heterocycles. The molecule has 0 amide bonds. The van der Waals surface area contributed by atoms with Crippen LogP contribution >= 0.6 is 0 Å². The van der Waals surface area contributed by atoms with Crippen molar-refractivity contribution in [2.24, 2.45) is 5.92 Å². The smallest absolute Gasteiger partial charge is 0.187 e. The molecule has 18 heavy (non-hydrogen) atoms. The average molecular weight is 253 g/mol. The molecule has 0 bridgehead atoms. The van der Waals surface area contributed by atoms with Crippen molar-refractivity contribution in [3.05, 3.63) is 17.8 Å². The fourth-order valence-electron chi connectivity index (χ4n) is 2.46.